The van der Waals surface area contributed by atoms with Crippen molar-refractivity contribution in [1.29, 1.82) is 0 Å². The second-order valence-electron chi connectivity index (χ2n) is 3.19. The first kappa shape index (κ1) is 12.1. The standard InChI is InChI=1S/C7H14F2N2.ClH/c1-11(2)6-4-10-3-5(6)7(8)9;/h5-7,10H,3-4H2,1-2H3;1H. The maximum absolute atomic E-state index is 12.3. The minimum atomic E-state index is -2.20. The van der Waals surface area contributed by atoms with Crippen LogP contribution >= 0.6 is 12.4 Å². The fourth-order valence-corrected chi connectivity index (χ4v) is 1.51. The number of hydrogen-bond acceptors (Lipinski definition) is 2. The minimum absolute atomic E-state index is 0. The molecule has 1 N–H and O–H groups in total. The van der Waals surface area contributed by atoms with Crippen molar-refractivity contribution in [2.75, 3.05) is 27.2 Å². The van der Waals surface area contributed by atoms with Gasteiger partial charge < -0.3 is 10.2 Å². The summed E-state index contributed by atoms with van der Waals surface area (Å²) in [5.41, 5.74) is 0. The zero-order chi connectivity index (χ0) is 8.43. The van der Waals surface area contributed by atoms with Gasteiger partial charge in [-0.3, -0.25) is 0 Å². The monoisotopic (exact) mass is 200 g/mol. The lowest BCUT2D eigenvalue weighted by molar-refractivity contribution is 0.0519. The van der Waals surface area contributed by atoms with Gasteiger partial charge in [-0.05, 0) is 14.1 Å². The number of halogens is 3. The molecule has 0 spiro atoms. The first-order chi connectivity index (χ1) is 5.13. The molecular formula is C7H15ClF2N2. The Bertz CT molecular complexity index is 119. The van der Waals surface area contributed by atoms with Gasteiger partial charge in [-0.1, -0.05) is 0 Å². The molecule has 2 atom stereocenters. The van der Waals surface area contributed by atoms with Gasteiger partial charge in [-0.15, -0.1) is 12.4 Å². The normalized spacial score (nSPS) is 29.5. The summed E-state index contributed by atoms with van der Waals surface area (Å²) in [5, 5.41) is 2.96. The highest BCUT2D eigenvalue weighted by Gasteiger charge is 2.34. The van der Waals surface area contributed by atoms with Crippen LogP contribution in [0, 0.1) is 5.92 Å². The van der Waals surface area contributed by atoms with Crippen LogP contribution in [0.15, 0.2) is 0 Å². The van der Waals surface area contributed by atoms with Gasteiger partial charge in [0.2, 0.25) is 6.43 Å². The van der Waals surface area contributed by atoms with Crippen molar-refractivity contribution in [2.45, 2.75) is 12.5 Å². The van der Waals surface area contributed by atoms with Crippen LogP contribution in [-0.2, 0) is 0 Å². The van der Waals surface area contributed by atoms with Crippen LogP contribution in [0.4, 0.5) is 8.78 Å². The Hall–Kier alpha value is 0.0700. The van der Waals surface area contributed by atoms with Gasteiger partial charge in [0.25, 0.3) is 0 Å². The summed E-state index contributed by atoms with van der Waals surface area (Å²) in [6.07, 6.45) is -2.20. The van der Waals surface area contributed by atoms with Gasteiger partial charge in [-0.25, -0.2) is 8.78 Å². The van der Waals surface area contributed by atoms with Crippen molar-refractivity contribution in [3.63, 3.8) is 0 Å². The Labute approximate surface area is 77.7 Å². The number of nitrogens with zero attached hydrogens (tertiary/aromatic N) is 1. The molecule has 2 nitrogen and oxygen atoms in total. The van der Waals surface area contributed by atoms with Gasteiger partial charge >= 0.3 is 0 Å². The minimum Gasteiger partial charge on any atom is -0.315 e. The molecule has 74 valence electrons. The Morgan fingerprint density at radius 1 is 1.33 bits per heavy atom. The summed E-state index contributed by atoms with van der Waals surface area (Å²) in [7, 11) is 3.68. The zero-order valence-corrected chi connectivity index (χ0v) is 8.07. The average Bonchev–Trinajstić information content (AvgIpc) is 2.32. The van der Waals surface area contributed by atoms with Gasteiger partial charge in [0, 0.05) is 25.0 Å². The van der Waals surface area contributed by atoms with Crippen molar-refractivity contribution in [3.05, 3.63) is 0 Å². The van der Waals surface area contributed by atoms with E-state index in [9.17, 15) is 8.78 Å². The third kappa shape index (κ3) is 2.54. The molecule has 1 saturated heterocycles. The van der Waals surface area contributed by atoms with Crippen molar-refractivity contribution in [3.8, 4) is 0 Å². The lowest BCUT2D eigenvalue weighted by Gasteiger charge is -2.24. The van der Waals surface area contributed by atoms with Crippen LogP contribution < -0.4 is 5.32 Å². The molecule has 1 aliphatic heterocycles. The van der Waals surface area contributed by atoms with E-state index in [0.29, 0.717) is 13.1 Å². The topological polar surface area (TPSA) is 15.3 Å². The molecule has 0 aromatic carbocycles. The van der Waals surface area contributed by atoms with E-state index in [0.717, 1.165) is 0 Å². The van der Waals surface area contributed by atoms with Crippen molar-refractivity contribution < 1.29 is 8.78 Å². The summed E-state index contributed by atoms with van der Waals surface area (Å²) in [5.74, 6) is -0.495. The second-order valence-corrected chi connectivity index (χ2v) is 3.19. The van der Waals surface area contributed by atoms with Crippen LogP contribution in [-0.4, -0.2) is 44.6 Å². The van der Waals surface area contributed by atoms with E-state index in [1.165, 1.54) is 0 Å². The summed E-state index contributed by atoms with van der Waals surface area (Å²) < 4.78 is 24.6. The largest absolute Gasteiger partial charge is 0.315 e. The van der Waals surface area contributed by atoms with Crippen LogP contribution in [0.5, 0.6) is 0 Å². The molecule has 0 amide bonds. The lowest BCUT2D eigenvalue weighted by Crippen LogP contribution is -2.37. The van der Waals surface area contributed by atoms with Crippen LogP contribution in [0.3, 0.4) is 0 Å². The quantitative estimate of drug-likeness (QED) is 0.710. The molecule has 0 saturated carbocycles. The maximum atomic E-state index is 12.3. The van der Waals surface area contributed by atoms with E-state index >= 15 is 0 Å². The molecule has 0 aromatic rings. The fourth-order valence-electron chi connectivity index (χ4n) is 1.51. The molecule has 12 heavy (non-hydrogen) atoms. The van der Waals surface area contributed by atoms with E-state index in [1.54, 1.807) is 0 Å². The van der Waals surface area contributed by atoms with Crippen molar-refractivity contribution in [1.82, 2.24) is 10.2 Å². The summed E-state index contributed by atoms with van der Waals surface area (Å²) in [6.45, 7) is 1.13. The second kappa shape index (κ2) is 4.94. The number of likely N-dealkylation sites (N-methyl/N-ethyl adjacent to an activating group) is 1. The smallest absolute Gasteiger partial charge is 0.244 e. The highest BCUT2D eigenvalue weighted by molar-refractivity contribution is 5.85. The Kier molecular flexibility index (Phi) is 4.97. The molecule has 1 heterocycles. The fraction of sp³-hybridized carbons (Fsp3) is 1.00. The predicted octanol–water partition coefficient (Wildman–Crippen LogP) is 0.823. The Balaban J connectivity index is 0.00000121. The Morgan fingerprint density at radius 3 is 2.25 bits per heavy atom. The number of hydrogen-bond donors (Lipinski definition) is 1. The third-order valence-corrected chi connectivity index (χ3v) is 2.21. The average molecular weight is 201 g/mol. The molecule has 1 aliphatic rings. The van der Waals surface area contributed by atoms with Gasteiger partial charge in [0.05, 0.1) is 0 Å². The van der Waals surface area contributed by atoms with Crippen LogP contribution in [0.1, 0.15) is 0 Å². The number of rotatable bonds is 2. The molecule has 5 heteroatoms. The third-order valence-electron chi connectivity index (χ3n) is 2.21. The zero-order valence-electron chi connectivity index (χ0n) is 7.26. The van der Waals surface area contributed by atoms with Crippen LogP contribution in [0.2, 0.25) is 0 Å². The van der Waals surface area contributed by atoms with Gasteiger partial charge in [0.1, 0.15) is 0 Å². The van der Waals surface area contributed by atoms with Crippen molar-refractivity contribution >= 4 is 12.4 Å². The SMILES string of the molecule is CN(C)C1CNCC1C(F)F.Cl. The maximum Gasteiger partial charge on any atom is 0.244 e. The number of alkyl halides is 2. The van der Waals surface area contributed by atoms with Gasteiger partial charge in [-0.2, -0.15) is 0 Å². The van der Waals surface area contributed by atoms with Crippen molar-refractivity contribution in [2.24, 2.45) is 5.92 Å². The van der Waals surface area contributed by atoms with E-state index < -0.39 is 12.3 Å². The summed E-state index contributed by atoms with van der Waals surface area (Å²) in [4.78, 5) is 1.86. The molecule has 2 unspecified atom stereocenters. The Morgan fingerprint density at radius 2 is 1.92 bits per heavy atom. The highest BCUT2D eigenvalue weighted by atomic mass is 35.5. The number of nitrogens with one attached hydrogen (secondary N) is 1. The molecule has 1 rings (SSSR count). The molecular weight excluding hydrogens is 186 g/mol. The highest BCUT2D eigenvalue weighted by Crippen LogP contribution is 2.20. The summed E-state index contributed by atoms with van der Waals surface area (Å²) in [6, 6.07) is -0.00463. The molecule has 0 bridgehead atoms. The van der Waals surface area contributed by atoms with E-state index in [1.807, 2.05) is 19.0 Å². The lowest BCUT2D eigenvalue weighted by atomic mass is 10.0. The van der Waals surface area contributed by atoms with Crippen LogP contribution in [0.25, 0.3) is 0 Å². The molecule has 1 fully saturated rings. The molecule has 0 radical (unpaired) electrons. The summed E-state index contributed by atoms with van der Waals surface area (Å²) >= 11 is 0. The van der Waals surface area contributed by atoms with E-state index in [4.69, 9.17) is 0 Å². The van der Waals surface area contributed by atoms with E-state index in [2.05, 4.69) is 5.32 Å². The molecule has 0 aliphatic carbocycles. The predicted molar refractivity (Wildman–Crippen MR) is 47.1 cm³/mol. The first-order valence-electron chi connectivity index (χ1n) is 3.78. The molecule has 0 aromatic heterocycles. The van der Waals surface area contributed by atoms with E-state index in [-0.39, 0.29) is 18.4 Å². The van der Waals surface area contributed by atoms with Gasteiger partial charge in [0.15, 0.2) is 0 Å². The first-order valence-corrected chi connectivity index (χ1v) is 3.78.